The highest BCUT2D eigenvalue weighted by Gasteiger charge is 2.28. The van der Waals surface area contributed by atoms with E-state index >= 15 is 0 Å². The number of aryl methyl sites for hydroxylation is 2. The zero-order chi connectivity index (χ0) is 22.6. The minimum Gasteiger partial charge on any atom is -0.462 e. The average Bonchev–Trinajstić information content (AvgIpc) is 3.03. The van der Waals surface area contributed by atoms with E-state index in [9.17, 15) is 13.2 Å². The van der Waals surface area contributed by atoms with Gasteiger partial charge in [0, 0.05) is 17.9 Å². The fraction of sp³-hybridized carbons (Fsp3) is 0.292. The minimum absolute atomic E-state index is 0.108. The molecule has 31 heavy (non-hydrogen) atoms. The van der Waals surface area contributed by atoms with Crippen molar-refractivity contribution in [1.82, 2.24) is 9.29 Å². The molecule has 0 bridgehead atoms. The lowest BCUT2D eigenvalue weighted by Crippen LogP contribution is -2.30. The SMILES string of the molecule is CCOC(=O)c1c(C)[nH]c(CN(Cc2ccc(C)cc2)S(=O)(=O)c2ccccc2)c1C. The van der Waals surface area contributed by atoms with E-state index < -0.39 is 16.0 Å². The lowest BCUT2D eigenvalue weighted by Gasteiger charge is -2.22. The molecule has 0 aliphatic heterocycles. The van der Waals surface area contributed by atoms with Gasteiger partial charge in [0.25, 0.3) is 0 Å². The van der Waals surface area contributed by atoms with E-state index in [1.165, 1.54) is 4.31 Å². The fourth-order valence-electron chi connectivity index (χ4n) is 3.52. The zero-order valence-corrected chi connectivity index (χ0v) is 19.1. The van der Waals surface area contributed by atoms with Crippen LogP contribution in [0.2, 0.25) is 0 Å². The fourth-order valence-corrected chi connectivity index (χ4v) is 4.94. The minimum atomic E-state index is -3.76. The summed E-state index contributed by atoms with van der Waals surface area (Å²) in [7, 11) is -3.76. The number of aromatic nitrogens is 1. The Morgan fingerprint density at radius 3 is 2.23 bits per heavy atom. The molecule has 0 saturated heterocycles. The summed E-state index contributed by atoms with van der Waals surface area (Å²) in [6.45, 7) is 7.94. The molecule has 0 radical (unpaired) electrons. The number of rotatable bonds is 8. The standard InChI is InChI=1S/C24H28N2O4S/c1-5-30-24(27)23-18(3)22(25-19(23)4)16-26(15-20-13-11-17(2)12-14-20)31(28,29)21-9-7-6-8-10-21/h6-14,25H,5,15-16H2,1-4H3. The van der Waals surface area contributed by atoms with Crippen LogP contribution in [-0.4, -0.2) is 30.3 Å². The highest BCUT2D eigenvalue weighted by atomic mass is 32.2. The number of carbonyl (C=O) groups excluding carboxylic acids is 1. The van der Waals surface area contributed by atoms with E-state index in [-0.39, 0.29) is 24.6 Å². The first-order valence-electron chi connectivity index (χ1n) is 10.2. The molecule has 0 amide bonds. The molecule has 0 aliphatic carbocycles. The summed E-state index contributed by atoms with van der Waals surface area (Å²) >= 11 is 0. The van der Waals surface area contributed by atoms with Gasteiger partial charge in [-0.3, -0.25) is 0 Å². The molecule has 0 saturated carbocycles. The normalized spacial score (nSPS) is 11.6. The highest BCUT2D eigenvalue weighted by Crippen LogP contribution is 2.25. The molecule has 3 aromatic rings. The summed E-state index contributed by atoms with van der Waals surface area (Å²) in [5.41, 5.74) is 4.50. The van der Waals surface area contributed by atoms with Gasteiger partial charge in [0.2, 0.25) is 10.0 Å². The number of H-pyrrole nitrogens is 1. The van der Waals surface area contributed by atoms with Crippen LogP contribution in [-0.2, 0) is 27.8 Å². The van der Waals surface area contributed by atoms with Crippen LogP contribution in [0, 0.1) is 20.8 Å². The molecule has 164 valence electrons. The summed E-state index contributed by atoms with van der Waals surface area (Å²) in [4.78, 5) is 15.8. The van der Waals surface area contributed by atoms with Gasteiger partial charge < -0.3 is 9.72 Å². The molecular weight excluding hydrogens is 412 g/mol. The van der Waals surface area contributed by atoms with E-state index in [1.807, 2.05) is 38.1 Å². The van der Waals surface area contributed by atoms with Crippen molar-refractivity contribution < 1.29 is 17.9 Å². The topological polar surface area (TPSA) is 79.5 Å². The Balaban J connectivity index is 2.00. The molecule has 0 fully saturated rings. The molecule has 6 nitrogen and oxygen atoms in total. The number of carbonyl (C=O) groups is 1. The maximum Gasteiger partial charge on any atom is 0.340 e. The van der Waals surface area contributed by atoms with Gasteiger partial charge in [0.05, 0.1) is 23.6 Å². The molecule has 0 atom stereocenters. The quantitative estimate of drug-likeness (QED) is 0.523. The summed E-state index contributed by atoms with van der Waals surface area (Å²) < 4.78 is 33.5. The maximum absolute atomic E-state index is 13.5. The van der Waals surface area contributed by atoms with Crippen LogP contribution in [0.5, 0.6) is 0 Å². The van der Waals surface area contributed by atoms with Gasteiger partial charge in [-0.15, -0.1) is 0 Å². The van der Waals surface area contributed by atoms with Crippen molar-refractivity contribution in [2.45, 2.75) is 45.7 Å². The van der Waals surface area contributed by atoms with Crippen molar-refractivity contribution in [2.24, 2.45) is 0 Å². The number of sulfonamides is 1. The van der Waals surface area contributed by atoms with E-state index in [0.717, 1.165) is 11.1 Å². The van der Waals surface area contributed by atoms with Crippen LogP contribution in [0.3, 0.4) is 0 Å². The second-order valence-electron chi connectivity index (χ2n) is 7.52. The Labute approximate surface area is 183 Å². The second kappa shape index (κ2) is 9.49. The zero-order valence-electron chi connectivity index (χ0n) is 18.3. The van der Waals surface area contributed by atoms with Crippen LogP contribution in [0.25, 0.3) is 0 Å². The third-order valence-electron chi connectivity index (χ3n) is 5.22. The van der Waals surface area contributed by atoms with E-state index in [4.69, 9.17) is 4.74 Å². The van der Waals surface area contributed by atoms with Crippen LogP contribution in [0.15, 0.2) is 59.5 Å². The molecule has 1 aromatic heterocycles. The Kier molecular flexibility index (Phi) is 6.97. The van der Waals surface area contributed by atoms with Crippen LogP contribution >= 0.6 is 0 Å². The van der Waals surface area contributed by atoms with E-state index in [0.29, 0.717) is 22.5 Å². The van der Waals surface area contributed by atoms with Gasteiger partial charge in [0.15, 0.2) is 0 Å². The molecule has 0 unspecified atom stereocenters. The average molecular weight is 441 g/mol. The molecule has 1 N–H and O–H groups in total. The van der Waals surface area contributed by atoms with Gasteiger partial charge in [-0.25, -0.2) is 13.2 Å². The lowest BCUT2D eigenvalue weighted by molar-refractivity contribution is 0.0525. The summed E-state index contributed by atoms with van der Waals surface area (Å²) in [6.07, 6.45) is 0. The Morgan fingerprint density at radius 2 is 1.61 bits per heavy atom. The molecule has 0 aliphatic rings. The second-order valence-corrected chi connectivity index (χ2v) is 9.46. The number of benzene rings is 2. The van der Waals surface area contributed by atoms with Crippen LogP contribution in [0.4, 0.5) is 0 Å². The maximum atomic E-state index is 13.5. The largest absolute Gasteiger partial charge is 0.462 e. The Morgan fingerprint density at radius 1 is 0.968 bits per heavy atom. The third kappa shape index (κ3) is 5.06. The first-order valence-corrected chi connectivity index (χ1v) is 11.6. The van der Waals surface area contributed by atoms with Crippen molar-refractivity contribution in [3.05, 3.63) is 88.2 Å². The van der Waals surface area contributed by atoms with Crippen molar-refractivity contribution in [3.63, 3.8) is 0 Å². The van der Waals surface area contributed by atoms with Crippen LogP contribution < -0.4 is 0 Å². The van der Waals surface area contributed by atoms with Crippen molar-refractivity contribution in [3.8, 4) is 0 Å². The molecule has 3 rings (SSSR count). The first kappa shape index (κ1) is 22.8. The summed E-state index contributed by atoms with van der Waals surface area (Å²) in [5.74, 6) is -0.406. The van der Waals surface area contributed by atoms with Gasteiger partial charge in [-0.1, -0.05) is 48.0 Å². The number of hydrogen-bond donors (Lipinski definition) is 1. The molecule has 2 aromatic carbocycles. The van der Waals surface area contributed by atoms with Gasteiger partial charge in [0.1, 0.15) is 0 Å². The number of ether oxygens (including phenoxy) is 1. The number of nitrogens with one attached hydrogen (secondary N) is 1. The van der Waals surface area contributed by atoms with Crippen molar-refractivity contribution in [2.75, 3.05) is 6.61 Å². The summed E-state index contributed by atoms with van der Waals surface area (Å²) in [6, 6.07) is 16.2. The van der Waals surface area contributed by atoms with Crippen LogP contribution in [0.1, 0.15) is 45.4 Å². The van der Waals surface area contributed by atoms with Crippen molar-refractivity contribution in [1.29, 1.82) is 0 Å². The number of esters is 1. The van der Waals surface area contributed by atoms with E-state index in [2.05, 4.69) is 4.98 Å². The lowest BCUT2D eigenvalue weighted by atomic mass is 10.1. The third-order valence-corrected chi connectivity index (χ3v) is 7.02. The smallest absolute Gasteiger partial charge is 0.340 e. The Hall–Kier alpha value is -2.90. The number of aromatic amines is 1. The van der Waals surface area contributed by atoms with E-state index in [1.54, 1.807) is 44.2 Å². The summed E-state index contributed by atoms with van der Waals surface area (Å²) in [5, 5.41) is 0. The predicted molar refractivity (Wildman–Crippen MR) is 120 cm³/mol. The molecule has 1 heterocycles. The van der Waals surface area contributed by atoms with Crippen molar-refractivity contribution >= 4 is 16.0 Å². The Bertz CT molecular complexity index is 1150. The molecular formula is C24H28N2O4S. The number of hydrogen-bond acceptors (Lipinski definition) is 4. The first-order chi connectivity index (χ1) is 14.7. The highest BCUT2D eigenvalue weighted by molar-refractivity contribution is 7.89. The number of nitrogens with zero attached hydrogens (tertiary/aromatic N) is 1. The van der Waals surface area contributed by atoms with Gasteiger partial charge >= 0.3 is 5.97 Å². The predicted octanol–water partition coefficient (Wildman–Crippen LogP) is 4.51. The molecule has 0 spiro atoms. The molecule has 7 heteroatoms. The van der Waals surface area contributed by atoms with Gasteiger partial charge in [-0.05, 0) is 51.0 Å². The van der Waals surface area contributed by atoms with Gasteiger partial charge in [-0.2, -0.15) is 4.31 Å². The monoisotopic (exact) mass is 440 g/mol.